The third-order valence-electron chi connectivity index (χ3n) is 3.42. The molecule has 0 atom stereocenters. The summed E-state index contributed by atoms with van der Waals surface area (Å²) in [4.78, 5) is 14.9. The molecule has 0 aliphatic rings. The minimum Gasteiger partial charge on any atom is -0.805 e. The van der Waals surface area contributed by atoms with E-state index in [0.717, 1.165) is 12.1 Å². The van der Waals surface area contributed by atoms with Gasteiger partial charge in [-0.2, -0.15) is 5.26 Å². The Kier molecular flexibility index (Phi) is 3.58. The molecular weight excluding hydrogens is 315 g/mol. The average molecular weight is 322 g/mol. The van der Waals surface area contributed by atoms with Crippen LogP contribution in [0.1, 0.15) is 5.69 Å². The van der Waals surface area contributed by atoms with E-state index in [0.29, 0.717) is 10.3 Å². The van der Waals surface area contributed by atoms with E-state index < -0.39 is 17.2 Å². The number of nitriles is 1. The largest absolute Gasteiger partial charge is 0.805 e. The number of fused-ring (bicyclic) bond motifs is 1. The van der Waals surface area contributed by atoms with Crippen molar-refractivity contribution in [2.45, 2.75) is 0 Å². The van der Waals surface area contributed by atoms with E-state index in [1.807, 2.05) is 0 Å². The number of rotatable bonds is 2. The van der Waals surface area contributed by atoms with Crippen LogP contribution in [0.3, 0.4) is 0 Å². The fraction of sp³-hybridized carbons (Fsp3) is 0. The van der Waals surface area contributed by atoms with Crippen molar-refractivity contribution >= 4 is 16.7 Å². The maximum atomic E-state index is 13.9. The molecule has 0 radical (unpaired) electrons. The molecule has 8 nitrogen and oxygen atoms in total. The molecule has 0 N–H and O–H groups in total. The van der Waals surface area contributed by atoms with E-state index in [1.165, 1.54) is 0 Å². The van der Waals surface area contributed by atoms with Crippen LogP contribution in [0.5, 0.6) is 0 Å². The summed E-state index contributed by atoms with van der Waals surface area (Å²) < 4.78 is 14.4. The molecule has 1 heterocycles. The van der Waals surface area contributed by atoms with E-state index in [4.69, 9.17) is 5.53 Å². The lowest BCUT2D eigenvalue weighted by molar-refractivity contribution is -0.467. The molecule has 0 bridgehead atoms. The Morgan fingerprint density at radius 2 is 2.04 bits per heavy atom. The fourth-order valence-corrected chi connectivity index (χ4v) is 2.37. The highest BCUT2D eigenvalue weighted by Crippen LogP contribution is 2.28. The van der Waals surface area contributed by atoms with Crippen LogP contribution in [0.15, 0.2) is 47.6 Å². The van der Waals surface area contributed by atoms with Crippen LogP contribution >= 0.6 is 0 Å². The Balaban J connectivity index is 2.52. The van der Waals surface area contributed by atoms with Crippen LogP contribution in [-0.4, -0.2) is 4.73 Å². The number of hydrogen-bond donors (Lipinski definition) is 0. The van der Waals surface area contributed by atoms with Crippen LogP contribution in [0.2, 0.25) is 0 Å². The van der Waals surface area contributed by atoms with Crippen LogP contribution in [0.4, 0.5) is 10.1 Å². The summed E-state index contributed by atoms with van der Waals surface area (Å²) in [6, 6.07) is 11.5. The lowest BCUT2D eigenvalue weighted by atomic mass is 10.1. The molecule has 0 saturated heterocycles. The van der Waals surface area contributed by atoms with Crippen molar-refractivity contribution in [1.29, 1.82) is 5.26 Å². The highest BCUT2D eigenvalue weighted by atomic mass is 19.1. The van der Waals surface area contributed by atoms with E-state index in [1.54, 1.807) is 36.4 Å². The summed E-state index contributed by atoms with van der Waals surface area (Å²) in [6.07, 6.45) is 0. The normalized spacial score (nSPS) is 10.2. The first-order valence-electron chi connectivity index (χ1n) is 6.61. The van der Waals surface area contributed by atoms with E-state index in [-0.39, 0.29) is 21.2 Å². The molecule has 0 aliphatic heterocycles. The standard InChI is InChI=1S/C15H7FN6O2/c16-10-6-12-13(7-11(10)19-20-18)22(24)15(14(8-17)21(12)23)9-4-2-1-3-5-9/h1-7H. The minimum absolute atomic E-state index is 0.168. The SMILES string of the molecule is N#Cc1c(-c2ccccc2)n([O-])c2cc(N=[N+]=[N-])c(F)cc2[n+]1=O. The zero-order valence-corrected chi connectivity index (χ0v) is 11.9. The maximum absolute atomic E-state index is 13.9. The lowest BCUT2D eigenvalue weighted by Crippen LogP contribution is -2.25. The van der Waals surface area contributed by atoms with Crippen LogP contribution in [0.25, 0.3) is 32.7 Å². The molecule has 1 aromatic heterocycles. The first-order valence-corrected chi connectivity index (χ1v) is 6.61. The van der Waals surface area contributed by atoms with Crippen molar-refractivity contribution in [1.82, 2.24) is 4.73 Å². The Hall–Kier alpha value is -3.89. The van der Waals surface area contributed by atoms with Crippen LogP contribution in [0, 0.1) is 27.3 Å². The molecule has 3 aromatic rings. The van der Waals surface area contributed by atoms with E-state index in [2.05, 4.69) is 10.0 Å². The van der Waals surface area contributed by atoms with Gasteiger partial charge in [-0.15, -0.1) is 0 Å². The Labute approximate surface area is 133 Å². The lowest BCUT2D eigenvalue weighted by Gasteiger charge is -2.18. The molecule has 0 fully saturated rings. The van der Waals surface area contributed by atoms with Gasteiger partial charge in [0.2, 0.25) is 0 Å². The van der Waals surface area contributed by atoms with Gasteiger partial charge in [-0.1, -0.05) is 35.4 Å². The molecular formula is C15H7FN6O2. The summed E-state index contributed by atoms with van der Waals surface area (Å²) in [5.41, 5.74) is 7.21. The Bertz CT molecular complexity index is 1110. The molecule has 0 saturated carbocycles. The van der Waals surface area contributed by atoms with Gasteiger partial charge < -0.3 is 9.94 Å². The quantitative estimate of drug-likeness (QED) is 0.310. The topological polar surface area (TPSA) is 124 Å². The summed E-state index contributed by atoms with van der Waals surface area (Å²) in [5.74, 6) is -0.971. The first-order chi connectivity index (χ1) is 11.6. The number of halogens is 1. The molecule has 116 valence electrons. The van der Waals surface area contributed by atoms with Gasteiger partial charge in [0.25, 0.3) is 5.52 Å². The van der Waals surface area contributed by atoms with Crippen molar-refractivity contribution < 1.29 is 8.82 Å². The predicted molar refractivity (Wildman–Crippen MR) is 83.0 cm³/mol. The number of hydrogen-bond acceptors (Lipinski definition) is 4. The zero-order chi connectivity index (χ0) is 17.3. The smallest absolute Gasteiger partial charge is 0.363 e. The van der Waals surface area contributed by atoms with Crippen molar-refractivity contribution in [3.05, 3.63) is 74.5 Å². The van der Waals surface area contributed by atoms with Gasteiger partial charge in [-0.05, 0) is 11.6 Å². The van der Waals surface area contributed by atoms with Gasteiger partial charge in [0, 0.05) is 15.4 Å². The van der Waals surface area contributed by atoms with Gasteiger partial charge in [0.15, 0.2) is 6.07 Å². The summed E-state index contributed by atoms with van der Waals surface area (Å²) in [7, 11) is 0. The third kappa shape index (κ3) is 2.20. The number of nitrogens with zero attached hydrogens (tertiary/aromatic N) is 6. The van der Waals surface area contributed by atoms with Gasteiger partial charge in [0.05, 0.1) is 16.2 Å². The second-order valence-electron chi connectivity index (χ2n) is 4.75. The van der Waals surface area contributed by atoms with Crippen LogP contribution < -0.4 is 4.43 Å². The van der Waals surface area contributed by atoms with Gasteiger partial charge in [-0.25, -0.2) is 4.39 Å². The minimum atomic E-state index is -0.971. The van der Waals surface area contributed by atoms with E-state index in [9.17, 15) is 19.8 Å². The van der Waals surface area contributed by atoms with Crippen molar-refractivity contribution in [3.63, 3.8) is 0 Å². The molecule has 2 aromatic carbocycles. The summed E-state index contributed by atoms with van der Waals surface area (Å²) in [6.45, 7) is 0. The molecule has 24 heavy (non-hydrogen) atoms. The average Bonchev–Trinajstić information content (AvgIpc) is 2.60. The second kappa shape index (κ2) is 5.72. The fourth-order valence-electron chi connectivity index (χ4n) is 2.37. The molecule has 0 unspecified atom stereocenters. The molecule has 9 heteroatoms. The number of benzene rings is 2. The monoisotopic (exact) mass is 322 g/mol. The van der Waals surface area contributed by atoms with Crippen molar-refractivity contribution in [3.8, 4) is 17.3 Å². The summed E-state index contributed by atoms with van der Waals surface area (Å²) in [5, 5.41) is 25.1. The zero-order valence-electron chi connectivity index (χ0n) is 11.9. The molecule has 0 aliphatic carbocycles. The second-order valence-corrected chi connectivity index (χ2v) is 4.75. The van der Waals surface area contributed by atoms with E-state index >= 15 is 0 Å². The third-order valence-corrected chi connectivity index (χ3v) is 3.42. The number of aromatic nitrogens is 2. The number of azide groups is 1. The highest BCUT2D eigenvalue weighted by molar-refractivity contribution is 5.80. The maximum Gasteiger partial charge on any atom is 0.363 e. The van der Waals surface area contributed by atoms with Gasteiger partial charge >= 0.3 is 5.69 Å². The van der Waals surface area contributed by atoms with Crippen molar-refractivity contribution in [2.75, 3.05) is 0 Å². The predicted octanol–water partition coefficient (Wildman–Crippen LogP) is 3.52. The highest BCUT2D eigenvalue weighted by Gasteiger charge is 2.24. The molecule has 3 rings (SSSR count). The van der Waals surface area contributed by atoms with Crippen LogP contribution in [-0.2, 0) is 0 Å². The van der Waals surface area contributed by atoms with Gasteiger partial charge in [-0.3, -0.25) is 0 Å². The molecule has 0 spiro atoms. The van der Waals surface area contributed by atoms with Crippen molar-refractivity contribution in [2.24, 2.45) is 5.11 Å². The Morgan fingerprint density at radius 3 is 2.67 bits per heavy atom. The summed E-state index contributed by atoms with van der Waals surface area (Å²) >= 11 is 0. The Morgan fingerprint density at radius 1 is 1.33 bits per heavy atom. The first kappa shape index (κ1) is 15.0. The molecule has 0 amide bonds. The van der Waals surface area contributed by atoms with Gasteiger partial charge in [0.1, 0.15) is 17.0 Å².